The molecule has 1 N–H and O–H groups in total. The molecule has 140 valence electrons. The largest absolute Gasteiger partial charge is 0.493 e. The molecule has 0 fully saturated rings. The van der Waals surface area contributed by atoms with Crippen molar-refractivity contribution >= 4 is 11.6 Å². The Balaban J connectivity index is 2.00. The fraction of sp³-hybridized carbons (Fsp3) is 0.235. The maximum Gasteiger partial charge on any atom is 0.387 e. The van der Waals surface area contributed by atoms with Crippen LogP contribution in [0.25, 0.3) is 0 Å². The maximum atomic E-state index is 12.4. The summed E-state index contributed by atoms with van der Waals surface area (Å²) in [7, 11) is 1.30. The second kappa shape index (κ2) is 8.93. The molecule has 0 radical (unpaired) electrons. The summed E-state index contributed by atoms with van der Waals surface area (Å²) in [5.41, 5.74) is 0.797. The monoisotopic (exact) mass is 373 g/mol. The van der Waals surface area contributed by atoms with E-state index in [2.05, 4.69) is 14.8 Å². The number of hydrogen-bond acceptors (Lipinski definition) is 4. The van der Waals surface area contributed by atoms with Crippen LogP contribution in [0.5, 0.6) is 17.2 Å². The van der Waals surface area contributed by atoms with E-state index in [1.165, 1.54) is 49.6 Å². The molecule has 0 aliphatic rings. The van der Waals surface area contributed by atoms with Gasteiger partial charge < -0.3 is 19.5 Å². The van der Waals surface area contributed by atoms with E-state index in [1.54, 1.807) is 0 Å². The lowest BCUT2D eigenvalue weighted by atomic mass is 10.1. The number of halogens is 4. The lowest BCUT2D eigenvalue weighted by Crippen LogP contribution is -2.14. The molecule has 0 aliphatic carbocycles. The van der Waals surface area contributed by atoms with Gasteiger partial charge in [-0.05, 0) is 29.8 Å². The summed E-state index contributed by atoms with van der Waals surface area (Å²) in [5, 5.41) is 2.53. The fourth-order valence-corrected chi connectivity index (χ4v) is 2.12. The molecule has 0 atom stereocenters. The van der Waals surface area contributed by atoms with Gasteiger partial charge in [-0.3, -0.25) is 4.79 Å². The van der Waals surface area contributed by atoms with Crippen molar-refractivity contribution < 1.29 is 36.6 Å². The number of methoxy groups -OCH3 is 1. The number of nitrogens with one attached hydrogen (secondary N) is 1. The molecule has 0 spiro atoms. The maximum absolute atomic E-state index is 12.4. The van der Waals surface area contributed by atoms with Crippen molar-refractivity contribution in [1.29, 1.82) is 0 Å². The fourth-order valence-electron chi connectivity index (χ4n) is 2.12. The number of rotatable bonds is 8. The van der Waals surface area contributed by atoms with E-state index < -0.39 is 19.1 Å². The average molecular weight is 373 g/mol. The Morgan fingerprint density at radius 2 is 1.62 bits per heavy atom. The summed E-state index contributed by atoms with van der Waals surface area (Å²) in [6.07, 6.45) is -0.0496. The van der Waals surface area contributed by atoms with Crippen LogP contribution >= 0.6 is 0 Å². The second-order valence-electron chi connectivity index (χ2n) is 4.99. The van der Waals surface area contributed by atoms with Crippen molar-refractivity contribution in [2.24, 2.45) is 0 Å². The number of benzene rings is 2. The Morgan fingerprint density at radius 1 is 0.962 bits per heavy atom. The zero-order valence-electron chi connectivity index (χ0n) is 13.5. The number of carbonyl (C=O) groups is 1. The van der Waals surface area contributed by atoms with E-state index in [0.717, 1.165) is 0 Å². The zero-order chi connectivity index (χ0) is 19.1. The minimum absolute atomic E-state index is 0.0203. The van der Waals surface area contributed by atoms with Gasteiger partial charge in [0.25, 0.3) is 0 Å². The number of ether oxygens (including phenoxy) is 3. The summed E-state index contributed by atoms with van der Waals surface area (Å²) in [6.45, 7) is -5.97. The lowest BCUT2D eigenvalue weighted by molar-refractivity contribution is -0.115. The highest BCUT2D eigenvalue weighted by atomic mass is 19.3. The van der Waals surface area contributed by atoms with Crippen LogP contribution in [0.15, 0.2) is 42.5 Å². The van der Waals surface area contributed by atoms with E-state index in [4.69, 9.17) is 4.74 Å². The van der Waals surface area contributed by atoms with Crippen molar-refractivity contribution in [3.63, 3.8) is 0 Å². The smallest absolute Gasteiger partial charge is 0.387 e. The average Bonchev–Trinajstić information content (AvgIpc) is 2.56. The molecular weight excluding hydrogens is 358 g/mol. The molecule has 0 aliphatic heterocycles. The molecular formula is C17H15F4NO4. The highest BCUT2D eigenvalue weighted by Crippen LogP contribution is 2.31. The van der Waals surface area contributed by atoms with Crippen molar-refractivity contribution in [3.05, 3.63) is 48.0 Å². The summed E-state index contributed by atoms with van der Waals surface area (Å²) in [6, 6.07) is 9.63. The van der Waals surface area contributed by atoms with Gasteiger partial charge >= 0.3 is 13.2 Å². The first-order valence-corrected chi connectivity index (χ1v) is 7.34. The van der Waals surface area contributed by atoms with Crippen molar-refractivity contribution in [1.82, 2.24) is 0 Å². The molecule has 5 nitrogen and oxygen atoms in total. The first kappa shape index (κ1) is 19.4. The molecule has 26 heavy (non-hydrogen) atoms. The molecule has 0 aromatic heterocycles. The van der Waals surface area contributed by atoms with E-state index in [-0.39, 0.29) is 29.4 Å². The van der Waals surface area contributed by atoms with E-state index in [1.807, 2.05) is 0 Å². The minimum Gasteiger partial charge on any atom is -0.493 e. The number of carbonyl (C=O) groups excluding carboxylic acids is 1. The quantitative estimate of drug-likeness (QED) is 0.709. The van der Waals surface area contributed by atoms with Crippen molar-refractivity contribution in [3.8, 4) is 17.2 Å². The van der Waals surface area contributed by atoms with Gasteiger partial charge in [-0.1, -0.05) is 12.1 Å². The van der Waals surface area contributed by atoms with Crippen LogP contribution in [0.3, 0.4) is 0 Å². The molecule has 2 aromatic rings. The topological polar surface area (TPSA) is 56.8 Å². The Hall–Kier alpha value is -2.97. The van der Waals surface area contributed by atoms with Gasteiger partial charge in [0.05, 0.1) is 13.5 Å². The standard InChI is InChI=1S/C17H15F4NO4/c1-24-13-7-4-11(9-14(13)26-17(20)21)22-15(23)8-10-2-5-12(6-3-10)25-16(18)19/h2-7,9,16-17H,8H2,1H3,(H,22,23). The normalized spacial score (nSPS) is 10.7. The van der Waals surface area contributed by atoms with E-state index in [0.29, 0.717) is 5.56 Å². The molecule has 1 amide bonds. The van der Waals surface area contributed by atoms with Crippen LogP contribution in [0.4, 0.5) is 23.2 Å². The molecule has 9 heteroatoms. The first-order valence-electron chi connectivity index (χ1n) is 7.34. The van der Waals surface area contributed by atoms with Gasteiger partial charge in [0.2, 0.25) is 5.91 Å². The van der Waals surface area contributed by atoms with Crippen LogP contribution in [-0.2, 0) is 11.2 Å². The third kappa shape index (κ3) is 5.83. The van der Waals surface area contributed by atoms with Crippen molar-refractivity contribution in [2.45, 2.75) is 19.6 Å². The van der Waals surface area contributed by atoms with E-state index >= 15 is 0 Å². The van der Waals surface area contributed by atoms with Gasteiger partial charge in [0.1, 0.15) is 5.75 Å². The lowest BCUT2D eigenvalue weighted by Gasteiger charge is -2.12. The summed E-state index contributed by atoms with van der Waals surface area (Å²) >= 11 is 0. The third-order valence-electron chi connectivity index (χ3n) is 3.18. The Labute approximate surface area is 146 Å². The zero-order valence-corrected chi connectivity index (χ0v) is 13.5. The third-order valence-corrected chi connectivity index (χ3v) is 3.18. The Bertz CT molecular complexity index is 738. The Kier molecular flexibility index (Phi) is 6.65. The summed E-state index contributed by atoms with van der Waals surface area (Å²) < 4.78 is 62.4. The predicted molar refractivity (Wildman–Crippen MR) is 85.0 cm³/mol. The first-order chi connectivity index (χ1) is 12.4. The van der Waals surface area contributed by atoms with Crippen LogP contribution in [-0.4, -0.2) is 26.2 Å². The predicted octanol–water partition coefficient (Wildman–Crippen LogP) is 4.08. The van der Waals surface area contributed by atoms with Crippen LogP contribution in [0.2, 0.25) is 0 Å². The summed E-state index contributed by atoms with van der Waals surface area (Å²) in [4.78, 5) is 12.0. The van der Waals surface area contributed by atoms with Gasteiger partial charge in [-0.2, -0.15) is 17.6 Å². The minimum atomic E-state index is -3.04. The van der Waals surface area contributed by atoms with E-state index in [9.17, 15) is 22.4 Å². The molecule has 2 aromatic carbocycles. The molecule has 2 rings (SSSR count). The highest BCUT2D eigenvalue weighted by Gasteiger charge is 2.13. The molecule has 0 saturated carbocycles. The molecule has 0 bridgehead atoms. The number of alkyl halides is 4. The second-order valence-corrected chi connectivity index (χ2v) is 4.99. The molecule has 0 heterocycles. The number of anilines is 1. The SMILES string of the molecule is COc1ccc(NC(=O)Cc2ccc(OC(F)F)cc2)cc1OC(F)F. The van der Waals surface area contributed by atoms with Crippen molar-refractivity contribution in [2.75, 3.05) is 12.4 Å². The van der Waals surface area contributed by atoms with Gasteiger partial charge in [0.15, 0.2) is 11.5 Å². The number of amides is 1. The van der Waals surface area contributed by atoms with Crippen LogP contribution in [0.1, 0.15) is 5.56 Å². The van der Waals surface area contributed by atoms with Gasteiger partial charge in [-0.15, -0.1) is 0 Å². The van der Waals surface area contributed by atoms with Crippen LogP contribution < -0.4 is 19.5 Å². The molecule has 0 saturated heterocycles. The van der Waals surface area contributed by atoms with Gasteiger partial charge in [-0.25, -0.2) is 0 Å². The molecule has 0 unspecified atom stereocenters. The number of hydrogen-bond donors (Lipinski definition) is 1. The Morgan fingerprint density at radius 3 is 2.19 bits per heavy atom. The summed E-state index contributed by atoms with van der Waals surface area (Å²) in [5.74, 6) is -0.569. The van der Waals surface area contributed by atoms with Crippen LogP contribution in [0, 0.1) is 0 Å². The highest BCUT2D eigenvalue weighted by molar-refractivity contribution is 5.92. The van der Waals surface area contributed by atoms with Gasteiger partial charge in [0, 0.05) is 11.8 Å².